The van der Waals surface area contributed by atoms with Crippen LogP contribution in [0.2, 0.25) is 5.02 Å². The summed E-state index contributed by atoms with van der Waals surface area (Å²) in [7, 11) is 0. The highest BCUT2D eigenvalue weighted by Crippen LogP contribution is 2.25. The molecule has 1 fully saturated rings. The van der Waals surface area contributed by atoms with Gasteiger partial charge in [0.2, 0.25) is 5.91 Å². The topological polar surface area (TPSA) is 105 Å². The normalized spacial score (nSPS) is 14.8. The number of carbonyl (C=O) groups excluding carboxylic acids is 2. The molecular formula is C23H31ClN4O4. The lowest BCUT2D eigenvalue weighted by atomic mass is 10.0. The summed E-state index contributed by atoms with van der Waals surface area (Å²) in [6, 6.07) is 7.98. The summed E-state index contributed by atoms with van der Waals surface area (Å²) in [6.07, 6.45) is 3.61. The second kappa shape index (κ2) is 12.4. The van der Waals surface area contributed by atoms with Crippen molar-refractivity contribution >= 4 is 29.8 Å². The number of Topliss-reactive ketones (excluding diaryl/α,β-unsaturated/α-hetero) is 1. The van der Waals surface area contributed by atoms with Crippen molar-refractivity contribution in [2.45, 2.75) is 52.6 Å². The number of benzene rings is 1. The Morgan fingerprint density at radius 2 is 1.78 bits per heavy atom. The van der Waals surface area contributed by atoms with Crippen molar-refractivity contribution in [1.29, 1.82) is 0 Å². The molecule has 1 aromatic heterocycles. The van der Waals surface area contributed by atoms with Crippen LogP contribution in [-0.2, 0) is 16.1 Å². The molecule has 1 atom stereocenters. The van der Waals surface area contributed by atoms with E-state index in [0.29, 0.717) is 22.8 Å². The van der Waals surface area contributed by atoms with E-state index in [1.165, 1.54) is 26.2 Å². The minimum absolute atomic E-state index is 0.0282. The average molecular weight is 463 g/mol. The van der Waals surface area contributed by atoms with Gasteiger partial charge in [0, 0.05) is 17.3 Å². The first kappa shape index (κ1) is 25.5. The Kier molecular flexibility index (Phi) is 9.87. The number of carboxylic acid groups (broad SMARTS) is 1. The quantitative estimate of drug-likeness (QED) is 0.482. The summed E-state index contributed by atoms with van der Waals surface area (Å²) in [4.78, 5) is 35.2. The molecule has 0 spiro atoms. The van der Waals surface area contributed by atoms with Crippen molar-refractivity contribution in [1.82, 2.24) is 20.0 Å². The third kappa shape index (κ3) is 6.90. The van der Waals surface area contributed by atoms with Gasteiger partial charge in [0.05, 0.1) is 17.3 Å². The second-order valence-corrected chi connectivity index (χ2v) is 8.27. The summed E-state index contributed by atoms with van der Waals surface area (Å²) in [6.45, 7) is 7.59. The smallest absolute Gasteiger partial charge is 0.290 e. The number of hydrogen-bond donors (Lipinski definition) is 2. The molecule has 0 aliphatic carbocycles. The average Bonchev–Trinajstić information content (AvgIpc) is 3.03. The molecule has 0 saturated carbocycles. The number of carbonyl (C=O) groups is 3. The zero-order valence-electron chi connectivity index (χ0n) is 18.8. The lowest BCUT2D eigenvalue weighted by Gasteiger charge is -2.35. The van der Waals surface area contributed by atoms with E-state index in [2.05, 4.69) is 15.3 Å². The number of hydrogen-bond acceptors (Lipinski definition) is 5. The number of aryl methyl sites for hydroxylation is 1. The van der Waals surface area contributed by atoms with Crippen LogP contribution in [0.4, 0.5) is 0 Å². The van der Waals surface area contributed by atoms with E-state index >= 15 is 0 Å². The Morgan fingerprint density at radius 3 is 2.31 bits per heavy atom. The van der Waals surface area contributed by atoms with Crippen molar-refractivity contribution in [2.24, 2.45) is 0 Å². The fourth-order valence-corrected chi connectivity index (χ4v) is 4.26. The van der Waals surface area contributed by atoms with E-state index in [9.17, 15) is 9.59 Å². The van der Waals surface area contributed by atoms with Crippen molar-refractivity contribution in [3.05, 3.63) is 51.8 Å². The van der Waals surface area contributed by atoms with Gasteiger partial charge in [-0.25, -0.2) is 0 Å². The van der Waals surface area contributed by atoms with Gasteiger partial charge in [-0.3, -0.25) is 24.0 Å². The molecule has 174 valence electrons. The standard InChI is InChI=1S/C22H29ClN4O2.CH2O2/c1-15-22(17(3)28)16(2)27(25-15)14-21(29)24-13-20(26-11-5-4-6-12-26)18-7-9-19(23)10-8-18;2-1-3/h7-10,20H,4-6,11-14H2,1-3H3,(H,24,29);1H,(H,2,3). The van der Waals surface area contributed by atoms with Crippen LogP contribution in [0.3, 0.4) is 0 Å². The SMILES string of the molecule is CC(=O)c1c(C)nn(CC(=O)NCC(c2ccc(Cl)cc2)N2CCCCC2)c1C.O=CO. The van der Waals surface area contributed by atoms with E-state index in [1.54, 1.807) is 11.6 Å². The number of nitrogens with zero attached hydrogens (tertiary/aromatic N) is 3. The maximum absolute atomic E-state index is 12.6. The van der Waals surface area contributed by atoms with Gasteiger partial charge in [-0.2, -0.15) is 5.10 Å². The first-order valence-corrected chi connectivity index (χ1v) is 11.0. The van der Waals surface area contributed by atoms with Crippen LogP contribution >= 0.6 is 11.6 Å². The molecule has 9 heteroatoms. The molecule has 8 nitrogen and oxygen atoms in total. The monoisotopic (exact) mass is 462 g/mol. The molecule has 1 aromatic carbocycles. The van der Waals surface area contributed by atoms with Crippen molar-refractivity contribution < 1.29 is 19.5 Å². The van der Waals surface area contributed by atoms with Gasteiger partial charge in [0.15, 0.2) is 5.78 Å². The highest BCUT2D eigenvalue weighted by Gasteiger charge is 2.23. The fourth-order valence-electron chi connectivity index (χ4n) is 4.14. The van der Waals surface area contributed by atoms with Crippen LogP contribution in [-0.4, -0.2) is 57.6 Å². The predicted octanol–water partition coefficient (Wildman–Crippen LogP) is 3.40. The maximum Gasteiger partial charge on any atom is 0.290 e. The van der Waals surface area contributed by atoms with Gasteiger partial charge >= 0.3 is 0 Å². The molecular weight excluding hydrogens is 432 g/mol. The van der Waals surface area contributed by atoms with Crippen molar-refractivity contribution in [3.63, 3.8) is 0 Å². The zero-order chi connectivity index (χ0) is 23.7. The number of halogens is 1. The van der Waals surface area contributed by atoms with Gasteiger partial charge in [-0.05, 0) is 64.4 Å². The molecule has 1 aliphatic rings. The van der Waals surface area contributed by atoms with Crippen molar-refractivity contribution in [2.75, 3.05) is 19.6 Å². The summed E-state index contributed by atoms with van der Waals surface area (Å²) in [5.74, 6) is -0.138. The van der Waals surface area contributed by atoms with E-state index in [-0.39, 0.29) is 30.7 Å². The van der Waals surface area contributed by atoms with Gasteiger partial charge in [0.1, 0.15) is 6.54 Å². The molecule has 32 heavy (non-hydrogen) atoms. The van der Waals surface area contributed by atoms with Crippen LogP contribution in [0.5, 0.6) is 0 Å². The number of rotatable bonds is 7. The zero-order valence-corrected chi connectivity index (χ0v) is 19.6. The number of likely N-dealkylation sites (tertiary alicyclic amines) is 1. The number of ketones is 1. The molecule has 2 N–H and O–H groups in total. The fraction of sp³-hybridized carbons (Fsp3) is 0.478. The number of aromatic nitrogens is 2. The van der Waals surface area contributed by atoms with E-state index in [0.717, 1.165) is 24.3 Å². The number of amides is 1. The van der Waals surface area contributed by atoms with Crippen LogP contribution in [0.1, 0.15) is 59.5 Å². The summed E-state index contributed by atoms with van der Waals surface area (Å²) in [5, 5.41) is 15.0. The second-order valence-electron chi connectivity index (χ2n) is 7.83. The molecule has 2 heterocycles. The Balaban J connectivity index is 0.00000114. The van der Waals surface area contributed by atoms with E-state index < -0.39 is 0 Å². The summed E-state index contributed by atoms with van der Waals surface area (Å²) >= 11 is 6.05. The molecule has 1 unspecified atom stereocenters. The van der Waals surface area contributed by atoms with Gasteiger partial charge in [0.25, 0.3) is 6.47 Å². The molecule has 3 rings (SSSR count). The first-order valence-electron chi connectivity index (χ1n) is 10.7. The molecule has 1 saturated heterocycles. The molecule has 1 amide bonds. The largest absolute Gasteiger partial charge is 0.483 e. The highest BCUT2D eigenvalue weighted by atomic mass is 35.5. The predicted molar refractivity (Wildman–Crippen MR) is 123 cm³/mol. The summed E-state index contributed by atoms with van der Waals surface area (Å²) < 4.78 is 1.61. The lowest BCUT2D eigenvalue weighted by Crippen LogP contribution is -2.41. The highest BCUT2D eigenvalue weighted by molar-refractivity contribution is 6.30. The van der Waals surface area contributed by atoms with Gasteiger partial charge < -0.3 is 10.4 Å². The van der Waals surface area contributed by atoms with Crippen LogP contribution in [0.15, 0.2) is 24.3 Å². The molecule has 0 radical (unpaired) electrons. The first-order chi connectivity index (χ1) is 15.3. The minimum Gasteiger partial charge on any atom is -0.483 e. The van der Waals surface area contributed by atoms with Gasteiger partial charge in [-0.1, -0.05) is 30.2 Å². The number of piperidine rings is 1. The van der Waals surface area contributed by atoms with Gasteiger partial charge in [-0.15, -0.1) is 0 Å². The van der Waals surface area contributed by atoms with E-state index in [1.807, 2.05) is 31.2 Å². The minimum atomic E-state index is -0.250. The Bertz CT molecular complexity index is 921. The number of nitrogens with one attached hydrogen (secondary N) is 1. The van der Waals surface area contributed by atoms with Crippen molar-refractivity contribution in [3.8, 4) is 0 Å². The van der Waals surface area contributed by atoms with Crippen LogP contribution < -0.4 is 5.32 Å². The molecule has 1 aliphatic heterocycles. The Labute approximate surface area is 193 Å². The third-order valence-electron chi connectivity index (χ3n) is 5.61. The molecule has 0 bridgehead atoms. The summed E-state index contributed by atoms with van der Waals surface area (Å²) in [5.41, 5.74) is 3.15. The third-order valence-corrected chi connectivity index (χ3v) is 5.86. The maximum atomic E-state index is 12.6. The Hall–Kier alpha value is -2.71. The lowest BCUT2D eigenvalue weighted by molar-refractivity contribution is -0.123. The molecule has 2 aromatic rings. The van der Waals surface area contributed by atoms with Crippen LogP contribution in [0, 0.1) is 13.8 Å². The van der Waals surface area contributed by atoms with Crippen LogP contribution in [0.25, 0.3) is 0 Å². The Morgan fingerprint density at radius 1 is 1.19 bits per heavy atom. The van der Waals surface area contributed by atoms with E-state index in [4.69, 9.17) is 21.5 Å².